The van der Waals surface area contributed by atoms with Crippen molar-refractivity contribution in [3.63, 3.8) is 0 Å². The number of hydrogen-bond donors (Lipinski definition) is 2. The molecule has 2 N–H and O–H groups in total. The topological polar surface area (TPSA) is 57.8 Å². The molecule has 0 fully saturated rings. The molecule has 0 radical (unpaired) electrons. The number of aromatic nitrogens is 2. The minimum Gasteiger partial charge on any atom is -0.345 e. The maximum atomic E-state index is 12.7. The lowest BCUT2D eigenvalue weighted by Crippen LogP contribution is -2.26. The fourth-order valence-electron chi connectivity index (χ4n) is 2.45. The molecule has 0 aliphatic heterocycles. The molecule has 3 aromatic rings. The van der Waals surface area contributed by atoms with Crippen LogP contribution in [0.4, 0.5) is 13.2 Å². The molecule has 3 rings (SSSR count). The van der Waals surface area contributed by atoms with Crippen molar-refractivity contribution >= 4 is 28.3 Å². The SMILES string of the molecule is Cc1cc(C(=O)NC(C)c2csc(C(F)(F)F)c2)c2nc[nH]c2c1. The fourth-order valence-corrected chi connectivity index (χ4v) is 3.32. The Labute approximate surface area is 139 Å². The zero-order chi connectivity index (χ0) is 17.5. The van der Waals surface area contributed by atoms with E-state index < -0.39 is 17.1 Å². The largest absolute Gasteiger partial charge is 0.425 e. The molecule has 8 heteroatoms. The van der Waals surface area contributed by atoms with Crippen LogP contribution in [0.3, 0.4) is 0 Å². The van der Waals surface area contributed by atoms with Gasteiger partial charge >= 0.3 is 6.18 Å². The number of nitrogens with zero attached hydrogens (tertiary/aromatic N) is 1. The Bertz CT molecular complexity index is 897. The Balaban J connectivity index is 1.83. The van der Waals surface area contributed by atoms with Crippen LogP contribution in [-0.2, 0) is 6.18 Å². The molecule has 1 atom stereocenters. The van der Waals surface area contributed by atoms with Gasteiger partial charge in [0.1, 0.15) is 10.4 Å². The number of imidazole rings is 1. The van der Waals surface area contributed by atoms with Gasteiger partial charge in [0.2, 0.25) is 0 Å². The average molecular weight is 353 g/mol. The predicted octanol–water partition coefficient (Wildman–Crippen LogP) is 4.44. The monoisotopic (exact) mass is 353 g/mol. The van der Waals surface area contributed by atoms with Gasteiger partial charge in [0.15, 0.2) is 0 Å². The van der Waals surface area contributed by atoms with Crippen molar-refractivity contribution in [2.75, 3.05) is 0 Å². The molecule has 2 aromatic heterocycles. The van der Waals surface area contributed by atoms with E-state index in [1.165, 1.54) is 11.7 Å². The van der Waals surface area contributed by atoms with Crippen LogP contribution in [0, 0.1) is 6.92 Å². The highest BCUT2D eigenvalue weighted by Crippen LogP contribution is 2.35. The molecule has 0 aliphatic rings. The lowest BCUT2D eigenvalue weighted by atomic mass is 10.1. The van der Waals surface area contributed by atoms with E-state index >= 15 is 0 Å². The Kier molecular flexibility index (Phi) is 4.08. The molecule has 0 saturated heterocycles. The van der Waals surface area contributed by atoms with Crippen molar-refractivity contribution in [1.82, 2.24) is 15.3 Å². The number of thiophene rings is 1. The predicted molar refractivity (Wildman–Crippen MR) is 86.0 cm³/mol. The van der Waals surface area contributed by atoms with Crippen LogP contribution in [0.1, 0.15) is 39.3 Å². The number of hydrogen-bond acceptors (Lipinski definition) is 3. The first-order chi connectivity index (χ1) is 11.3. The van der Waals surface area contributed by atoms with E-state index in [4.69, 9.17) is 0 Å². The fraction of sp³-hybridized carbons (Fsp3) is 0.250. The second-order valence-electron chi connectivity index (χ2n) is 5.55. The number of benzene rings is 1. The summed E-state index contributed by atoms with van der Waals surface area (Å²) in [6.45, 7) is 3.51. The highest BCUT2D eigenvalue weighted by atomic mass is 32.1. The second-order valence-corrected chi connectivity index (χ2v) is 6.46. The van der Waals surface area contributed by atoms with Crippen LogP contribution in [0.15, 0.2) is 29.9 Å². The Hall–Kier alpha value is -2.35. The molecule has 0 aliphatic carbocycles. The molecule has 1 amide bonds. The van der Waals surface area contributed by atoms with Crippen LogP contribution in [0.2, 0.25) is 0 Å². The van der Waals surface area contributed by atoms with Crippen LogP contribution in [-0.4, -0.2) is 15.9 Å². The third-order valence-corrected chi connectivity index (χ3v) is 4.65. The summed E-state index contributed by atoms with van der Waals surface area (Å²) in [4.78, 5) is 18.9. The van der Waals surface area contributed by atoms with E-state index in [9.17, 15) is 18.0 Å². The van der Waals surface area contributed by atoms with Gasteiger partial charge in [0, 0.05) is 0 Å². The van der Waals surface area contributed by atoms with Gasteiger partial charge in [0.05, 0.1) is 23.4 Å². The number of carbonyl (C=O) groups is 1. The Morgan fingerprint density at radius 3 is 2.75 bits per heavy atom. The number of alkyl halides is 3. The van der Waals surface area contributed by atoms with E-state index in [0.29, 0.717) is 28.0 Å². The van der Waals surface area contributed by atoms with Crippen molar-refractivity contribution in [1.29, 1.82) is 0 Å². The summed E-state index contributed by atoms with van der Waals surface area (Å²) < 4.78 is 38.1. The van der Waals surface area contributed by atoms with E-state index in [1.54, 1.807) is 13.0 Å². The Morgan fingerprint density at radius 2 is 2.08 bits per heavy atom. The number of carbonyl (C=O) groups excluding carboxylic acids is 1. The van der Waals surface area contributed by atoms with Crippen LogP contribution < -0.4 is 5.32 Å². The summed E-state index contributed by atoms with van der Waals surface area (Å²) in [5, 5.41) is 4.14. The van der Waals surface area contributed by atoms with Gasteiger partial charge in [0.25, 0.3) is 5.91 Å². The zero-order valence-corrected chi connectivity index (χ0v) is 13.7. The molecule has 1 unspecified atom stereocenters. The van der Waals surface area contributed by atoms with Crippen LogP contribution in [0.5, 0.6) is 0 Å². The molecule has 0 saturated carbocycles. The number of aromatic amines is 1. The third-order valence-electron chi connectivity index (χ3n) is 3.66. The third kappa shape index (κ3) is 3.14. The first-order valence-electron chi connectivity index (χ1n) is 7.16. The smallest absolute Gasteiger partial charge is 0.345 e. The lowest BCUT2D eigenvalue weighted by Gasteiger charge is -2.13. The van der Waals surface area contributed by atoms with Crippen molar-refractivity contribution in [3.8, 4) is 0 Å². The quantitative estimate of drug-likeness (QED) is 0.731. The number of nitrogens with one attached hydrogen (secondary N) is 2. The molecule has 2 heterocycles. The van der Waals surface area contributed by atoms with Gasteiger partial charge in [-0.25, -0.2) is 4.98 Å². The molecule has 126 valence electrons. The van der Waals surface area contributed by atoms with E-state index in [0.717, 1.165) is 17.1 Å². The number of fused-ring (bicyclic) bond motifs is 1. The molecule has 0 spiro atoms. The van der Waals surface area contributed by atoms with E-state index in [1.807, 2.05) is 13.0 Å². The van der Waals surface area contributed by atoms with E-state index in [-0.39, 0.29) is 5.91 Å². The first-order valence-corrected chi connectivity index (χ1v) is 8.04. The van der Waals surface area contributed by atoms with Gasteiger partial charge in [-0.3, -0.25) is 4.79 Å². The summed E-state index contributed by atoms with van der Waals surface area (Å²) in [5.74, 6) is -0.372. The van der Waals surface area contributed by atoms with Gasteiger partial charge in [-0.05, 0) is 48.6 Å². The highest BCUT2D eigenvalue weighted by molar-refractivity contribution is 7.10. The average Bonchev–Trinajstić information content (AvgIpc) is 3.14. The minimum absolute atomic E-state index is 0.372. The maximum absolute atomic E-state index is 12.7. The van der Waals surface area contributed by atoms with Gasteiger partial charge in [-0.15, -0.1) is 11.3 Å². The van der Waals surface area contributed by atoms with Gasteiger partial charge in [-0.1, -0.05) is 0 Å². The van der Waals surface area contributed by atoms with Crippen molar-refractivity contribution in [3.05, 3.63) is 51.5 Å². The highest BCUT2D eigenvalue weighted by Gasteiger charge is 2.33. The van der Waals surface area contributed by atoms with Crippen molar-refractivity contribution < 1.29 is 18.0 Å². The second kappa shape index (κ2) is 5.94. The molecule has 24 heavy (non-hydrogen) atoms. The van der Waals surface area contributed by atoms with Crippen LogP contribution >= 0.6 is 11.3 Å². The molecular weight excluding hydrogens is 339 g/mol. The lowest BCUT2D eigenvalue weighted by molar-refractivity contribution is -0.134. The summed E-state index contributed by atoms with van der Waals surface area (Å²) >= 11 is 0.620. The summed E-state index contributed by atoms with van der Waals surface area (Å²) in [6.07, 6.45) is -2.87. The minimum atomic E-state index is -4.37. The zero-order valence-electron chi connectivity index (χ0n) is 12.9. The molecule has 0 bridgehead atoms. The van der Waals surface area contributed by atoms with E-state index in [2.05, 4.69) is 15.3 Å². The normalized spacial score (nSPS) is 13.2. The Morgan fingerprint density at radius 1 is 1.33 bits per heavy atom. The molecule has 1 aromatic carbocycles. The molecular formula is C16H14F3N3OS. The summed E-state index contributed by atoms with van der Waals surface area (Å²) in [5.41, 5.74) is 2.98. The molecule has 4 nitrogen and oxygen atoms in total. The number of amides is 1. The number of H-pyrrole nitrogens is 1. The maximum Gasteiger partial charge on any atom is 0.425 e. The summed E-state index contributed by atoms with van der Waals surface area (Å²) in [7, 11) is 0. The van der Waals surface area contributed by atoms with Gasteiger partial charge < -0.3 is 10.3 Å². The van der Waals surface area contributed by atoms with Crippen molar-refractivity contribution in [2.24, 2.45) is 0 Å². The first kappa shape index (κ1) is 16.5. The van der Waals surface area contributed by atoms with Gasteiger partial charge in [-0.2, -0.15) is 13.2 Å². The summed E-state index contributed by atoms with van der Waals surface area (Å²) in [6, 6.07) is 4.10. The number of rotatable bonds is 3. The number of aryl methyl sites for hydroxylation is 1. The van der Waals surface area contributed by atoms with Crippen LogP contribution in [0.25, 0.3) is 11.0 Å². The van der Waals surface area contributed by atoms with Crippen molar-refractivity contribution in [2.45, 2.75) is 26.1 Å². The number of halogens is 3. The standard InChI is InChI=1S/C16H14F3N3OS/c1-8-3-11(14-12(4-8)20-7-21-14)15(23)22-9(2)10-5-13(24-6-10)16(17,18)19/h3-7,9H,1-2H3,(H,20,21)(H,22,23).